The molecule has 0 bridgehead atoms. The van der Waals surface area contributed by atoms with E-state index in [-0.39, 0.29) is 23.9 Å². The first-order valence-electron chi connectivity index (χ1n) is 12.1. The largest absolute Gasteiger partial charge is 0.488 e. The van der Waals surface area contributed by atoms with Crippen LogP contribution >= 0.6 is 15.9 Å². The van der Waals surface area contributed by atoms with Gasteiger partial charge in [-0.15, -0.1) is 0 Å². The van der Waals surface area contributed by atoms with Crippen LogP contribution < -0.4 is 10.3 Å². The van der Waals surface area contributed by atoms with Gasteiger partial charge in [-0.25, -0.2) is 9.37 Å². The van der Waals surface area contributed by atoms with E-state index in [1.807, 2.05) is 55.5 Å². The van der Waals surface area contributed by atoms with E-state index in [0.717, 1.165) is 32.8 Å². The van der Waals surface area contributed by atoms with E-state index in [9.17, 15) is 9.18 Å². The number of hydrogen-bond donors (Lipinski definition) is 0. The normalized spacial score (nSPS) is 12.4. The molecule has 4 aromatic carbocycles. The van der Waals surface area contributed by atoms with E-state index in [1.165, 1.54) is 16.8 Å². The van der Waals surface area contributed by atoms with Gasteiger partial charge in [0.2, 0.25) is 0 Å². The number of aromatic nitrogens is 2. The second-order valence-corrected chi connectivity index (χ2v) is 9.83. The highest BCUT2D eigenvalue weighted by molar-refractivity contribution is 9.10. The van der Waals surface area contributed by atoms with E-state index in [1.54, 1.807) is 24.4 Å². The van der Waals surface area contributed by atoms with Crippen LogP contribution in [0.15, 0.2) is 93.2 Å². The SMILES string of the molecule is CC[C@H](C)c1nc2ccc(Br)cc2c(=O)n1N=Cc1c(OCc2ccc(F)cc2)ccc2ccccc12. The highest BCUT2D eigenvalue weighted by atomic mass is 79.9. The van der Waals surface area contributed by atoms with Gasteiger partial charge in [-0.2, -0.15) is 9.78 Å². The Kier molecular flexibility index (Phi) is 7.15. The van der Waals surface area contributed by atoms with Crippen molar-refractivity contribution < 1.29 is 9.13 Å². The first-order chi connectivity index (χ1) is 17.9. The average molecular weight is 558 g/mol. The molecule has 186 valence electrons. The molecule has 0 saturated carbocycles. The molecule has 1 atom stereocenters. The quantitative estimate of drug-likeness (QED) is 0.195. The zero-order chi connectivity index (χ0) is 25.9. The fourth-order valence-corrected chi connectivity index (χ4v) is 4.53. The molecule has 5 aromatic rings. The summed E-state index contributed by atoms with van der Waals surface area (Å²) in [6.07, 6.45) is 2.48. The minimum Gasteiger partial charge on any atom is -0.488 e. The van der Waals surface area contributed by atoms with Crippen LogP contribution in [0.1, 0.15) is 43.1 Å². The Balaban J connectivity index is 1.63. The Morgan fingerprint density at radius 3 is 2.62 bits per heavy atom. The van der Waals surface area contributed by atoms with Gasteiger partial charge < -0.3 is 4.74 Å². The Bertz CT molecular complexity index is 1680. The molecule has 0 unspecified atom stereocenters. The molecule has 0 N–H and O–H groups in total. The summed E-state index contributed by atoms with van der Waals surface area (Å²) in [4.78, 5) is 18.4. The number of rotatable bonds is 7. The van der Waals surface area contributed by atoms with E-state index < -0.39 is 0 Å². The lowest BCUT2D eigenvalue weighted by atomic mass is 10.0. The first-order valence-corrected chi connectivity index (χ1v) is 12.9. The summed E-state index contributed by atoms with van der Waals surface area (Å²) in [5.74, 6) is 0.953. The minimum absolute atomic E-state index is 0.0274. The van der Waals surface area contributed by atoms with E-state index >= 15 is 0 Å². The molecule has 7 heteroatoms. The summed E-state index contributed by atoms with van der Waals surface area (Å²) in [6.45, 7) is 4.36. The molecular formula is C30H25BrFN3O2. The lowest BCUT2D eigenvalue weighted by Crippen LogP contribution is -2.23. The second-order valence-electron chi connectivity index (χ2n) is 8.92. The molecule has 5 rings (SSSR count). The fourth-order valence-electron chi connectivity index (χ4n) is 4.17. The summed E-state index contributed by atoms with van der Waals surface area (Å²) < 4.78 is 21.7. The predicted octanol–water partition coefficient (Wildman–Crippen LogP) is 7.43. The molecule has 5 nitrogen and oxygen atoms in total. The van der Waals surface area contributed by atoms with E-state index in [4.69, 9.17) is 9.72 Å². The molecular weight excluding hydrogens is 533 g/mol. The van der Waals surface area contributed by atoms with Gasteiger partial charge in [0.1, 0.15) is 24.0 Å². The Morgan fingerprint density at radius 1 is 1.05 bits per heavy atom. The van der Waals surface area contributed by atoms with Gasteiger partial charge >= 0.3 is 0 Å². The molecule has 0 aliphatic heterocycles. The van der Waals surface area contributed by atoms with Crippen molar-refractivity contribution in [3.8, 4) is 5.75 Å². The van der Waals surface area contributed by atoms with Crippen LogP contribution in [0.2, 0.25) is 0 Å². The van der Waals surface area contributed by atoms with Crippen LogP contribution in [0.4, 0.5) is 4.39 Å². The number of ether oxygens (including phenoxy) is 1. The lowest BCUT2D eigenvalue weighted by Gasteiger charge is -2.15. The molecule has 1 aromatic heterocycles. The maximum Gasteiger partial charge on any atom is 0.282 e. The summed E-state index contributed by atoms with van der Waals surface area (Å²) in [5.41, 5.74) is 2.00. The second kappa shape index (κ2) is 10.6. The summed E-state index contributed by atoms with van der Waals surface area (Å²) in [6, 6.07) is 23.5. The Labute approximate surface area is 222 Å². The van der Waals surface area contributed by atoms with Crippen LogP contribution in [0.5, 0.6) is 5.75 Å². The van der Waals surface area contributed by atoms with Crippen molar-refractivity contribution in [2.75, 3.05) is 0 Å². The molecule has 1 heterocycles. The Hall–Kier alpha value is -3.84. The van der Waals surface area contributed by atoms with Crippen molar-refractivity contribution in [1.82, 2.24) is 9.66 Å². The lowest BCUT2D eigenvalue weighted by molar-refractivity contribution is 0.306. The van der Waals surface area contributed by atoms with Crippen LogP contribution in [0, 0.1) is 5.82 Å². The third-order valence-corrected chi connectivity index (χ3v) is 6.92. The maximum absolute atomic E-state index is 13.6. The molecule has 37 heavy (non-hydrogen) atoms. The molecule has 0 amide bonds. The zero-order valence-electron chi connectivity index (χ0n) is 20.5. The zero-order valence-corrected chi connectivity index (χ0v) is 22.1. The fraction of sp³-hybridized carbons (Fsp3) is 0.167. The first kappa shape index (κ1) is 24.8. The van der Waals surface area contributed by atoms with Crippen molar-refractivity contribution >= 4 is 43.8 Å². The molecule has 0 radical (unpaired) electrons. The number of fused-ring (bicyclic) bond motifs is 2. The van der Waals surface area contributed by atoms with Crippen molar-refractivity contribution in [3.05, 3.63) is 116 Å². The van der Waals surface area contributed by atoms with Gasteiger partial charge in [0, 0.05) is 16.0 Å². The summed E-state index contributed by atoms with van der Waals surface area (Å²) in [5, 5.41) is 7.13. The van der Waals surface area contributed by atoms with E-state index in [0.29, 0.717) is 22.5 Å². The van der Waals surface area contributed by atoms with Crippen molar-refractivity contribution in [3.63, 3.8) is 0 Å². The van der Waals surface area contributed by atoms with Gasteiger partial charge in [0.25, 0.3) is 5.56 Å². The predicted molar refractivity (Wildman–Crippen MR) is 150 cm³/mol. The summed E-state index contributed by atoms with van der Waals surface area (Å²) >= 11 is 3.45. The van der Waals surface area contributed by atoms with Crippen LogP contribution in [0.25, 0.3) is 21.7 Å². The van der Waals surface area contributed by atoms with Crippen molar-refractivity contribution in [1.29, 1.82) is 0 Å². The highest BCUT2D eigenvalue weighted by Gasteiger charge is 2.16. The number of benzene rings is 4. The molecule has 0 aliphatic rings. The van der Waals surface area contributed by atoms with Crippen LogP contribution in [-0.2, 0) is 6.61 Å². The molecule has 0 fully saturated rings. The van der Waals surface area contributed by atoms with Crippen LogP contribution in [0.3, 0.4) is 0 Å². The molecule has 0 spiro atoms. The third kappa shape index (κ3) is 5.18. The number of halogens is 2. The van der Waals surface area contributed by atoms with E-state index in [2.05, 4.69) is 28.0 Å². The maximum atomic E-state index is 13.6. The monoisotopic (exact) mass is 557 g/mol. The molecule has 0 aliphatic carbocycles. The third-order valence-electron chi connectivity index (χ3n) is 6.43. The van der Waals surface area contributed by atoms with Gasteiger partial charge in [-0.05, 0) is 59.2 Å². The van der Waals surface area contributed by atoms with Gasteiger partial charge in [0.05, 0.1) is 17.1 Å². The number of hydrogen-bond acceptors (Lipinski definition) is 4. The van der Waals surface area contributed by atoms with Crippen molar-refractivity contribution in [2.24, 2.45) is 5.10 Å². The minimum atomic E-state index is -0.291. The highest BCUT2D eigenvalue weighted by Crippen LogP contribution is 2.28. The smallest absolute Gasteiger partial charge is 0.282 e. The van der Waals surface area contributed by atoms with Gasteiger partial charge in [-0.1, -0.05) is 72.2 Å². The summed E-state index contributed by atoms with van der Waals surface area (Å²) in [7, 11) is 0. The topological polar surface area (TPSA) is 56.5 Å². The standard InChI is InChI=1S/C30H25BrFN3O2/c1-3-19(2)29-34-27-14-11-22(31)16-25(27)30(36)35(29)33-17-26-24-7-5-4-6-21(24)10-15-28(26)37-18-20-8-12-23(32)13-9-20/h4-17,19H,3,18H2,1-2H3/t19-/m0/s1. The van der Waals surface area contributed by atoms with Crippen molar-refractivity contribution in [2.45, 2.75) is 32.8 Å². The van der Waals surface area contributed by atoms with Gasteiger partial charge in [0.15, 0.2) is 0 Å². The number of nitrogens with zero attached hydrogens (tertiary/aromatic N) is 3. The molecule has 0 saturated heterocycles. The van der Waals surface area contributed by atoms with Gasteiger partial charge in [-0.3, -0.25) is 4.79 Å². The van der Waals surface area contributed by atoms with Crippen LogP contribution in [-0.4, -0.2) is 15.9 Å². The Morgan fingerprint density at radius 2 is 1.84 bits per heavy atom. The average Bonchev–Trinajstić information content (AvgIpc) is 2.92.